The molecule has 0 spiro atoms. The fourth-order valence-electron chi connectivity index (χ4n) is 1.32. The molecule has 0 radical (unpaired) electrons. The van der Waals surface area contributed by atoms with Gasteiger partial charge in [0.25, 0.3) is 0 Å². The quantitative estimate of drug-likeness (QED) is 0.760. The monoisotopic (exact) mass is 225 g/mol. The highest BCUT2D eigenvalue weighted by molar-refractivity contribution is 5.83. The summed E-state index contributed by atoms with van der Waals surface area (Å²) in [6.45, 7) is 5.13. The molecule has 1 heterocycles. The maximum atomic E-state index is 11.5. The first-order valence-electron chi connectivity index (χ1n) is 4.93. The minimum Gasteiger partial charge on any atom is -0.480 e. The SMILES string of the molecule is Cc1cc(C)n(CC(=O)NC(C)C(=O)O)n1. The Bertz CT molecular complexity index is 411. The van der Waals surface area contributed by atoms with Gasteiger partial charge in [-0.15, -0.1) is 0 Å². The molecule has 0 saturated heterocycles. The van der Waals surface area contributed by atoms with Gasteiger partial charge in [0.1, 0.15) is 12.6 Å². The number of hydrogen-bond donors (Lipinski definition) is 2. The van der Waals surface area contributed by atoms with Crippen molar-refractivity contribution in [3.8, 4) is 0 Å². The number of rotatable bonds is 4. The van der Waals surface area contributed by atoms with Crippen LogP contribution >= 0.6 is 0 Å². The van der Waals surface area contributed by atoms with Gasteiger partial charge in [-0.2, -0.15) is 5.10 Å². The van der Waals surface area contributed by atoms with Crippen molar-refractivity contribution in [3.05, 3.63) is 17.5 Å². The number of carboxylic acid groups (broad SMARTS) is 1. The topological polar surface area (TPSA) is 84.2 Å². The second kappa shape index (κ2) is 4.78. The number of aliphatic carboxylic acids is 1. The lowest BCUT2D eigenvalue weighted by Crippen LogP contribution is -2.40. The van der Waals surface area contributed by atoms with Gasteiger partial charge in [0.2, 0.25) is 5.91 Å². The Morgan fingerprint density at radius 1 is 1.56 bits per heavy atom. The smallest absolute Gasteiger partial charge is 0.325 e. The number of hydrogen-bond acceptors (Lipinski definition) is 3. The molecule has 1 unspecified atom stereocenters. The first-order chi connectivity index (χ1) is 7.40. The van der Waals surface area contributed by atoms with Gasteiger partial charge in [0.05, 0.1) is 5.69 Å². The minimum atomic E-state index is -1.05. The number of carbonyl (C=O) groups excluding carboxylic acids is 1. The van der Waals surface area contributed by atoms with Gasteiger partial charge in [-0.3, -0.25) is 14.3 Å². The van der Waals surface area contributed by atoms with Gasteiger partial charge in [0, 0.05) is 5.69 Å². The number of amides is 1. The molecular formula is C10H15N3O3. The van der Waals surface area contributed by atoms with Crippen LogP contribution in [0.3, 0.4) is 0 Å². The third-order valence-electron chi connectivity index (χ3n) is 2.14. The summed E-state index contributed by atoms with van der Waals surface area (Å²) in [6.07, 6.45) is 0. The van der Waals surface area contributed by atoms with E-state index < -0.39 is 12.0 Å². The molecule has 6 nitrogen and oxygen atoms in total. The Hall–Kier alpha value is -1.85. The maximum absolute atomic E-state index is 11.5. The van der Waals surface area contributed by atoms with E-state index in [4.69, 9.17) is 5.11 Å². The fraction of sp³-hybridized carbons (Fsp3) is 0.500. The van der Waals surface area contributed by atoms with Gasteiger partial charge in [-0.05, 0) is 26.8 Å². The van der Waals surface area contributed by atoms with E-state index in [2.05, 4.69) is 10.4 Å². The van der Waals surface area contributed by atoms with Gasteiger partial charge in [0.15, 0.2) is 0 Å². The molecule has 1 atom stereocenters. The lowest BCUT2D eigenvalue weighted by molar-refractivity contribution is -0.141. The number of nitrogens with zero attached hydrogens (tertiary/aromatic N) is 2. The Morgan fingerprint density at radius 2 is 2.19 bits per heavy atom. The zero-order valence-electron chi connectivity index (χ0n) is 9.52. The average molecular weight is 225 g/mol. The van der Waals surface area contributed by atoms with Crippen LogP contribution in [0.2, 0.25) is 0 Å². The largest absolute Gasteiger partial charge is 0.480 e. The van der Waals surface area contributed by atoms with E-state index in [1.165, 1.54) is 6.92 Å². The van der Waals surface area contributed by atoms with E-state index in [1.807, 2.05) is 19.9 Å². The highest BCUT2D eigenvalue weighted by Gasteiger charge is 2.14. The standard InChI is InChI=1S/C10H15N3O3/c1-6-4-7(2)13(12-6)5-9(14)11-8(3)10(15)16/h4,8H,5H2,1-3H3,(H,11,14)(H,15,16). The summed E-state index contributed by atoms with van der Waals surface area (Å²) >= 11 is 0. The van der Waals surface area contributed by atoms with E-state index in [1.54, 1.807) is 4.68 Å². The predicted octanol–water partition coefficient (Wildman–Crippen LogP) is 0.0892. The van der Waals surface area contributed by atoms with Crippen LogP contribution in [-0.4, -0.2) is 32.8 Å². The zero-order chi connectivity index (χ0) is 12.3. The second-order valence-corrected chi connectivity index (χ2v) is 3.71. The lowest BCUT2D eigenvalue weighted by Gasteiger charge is -2.09. The Morgan fingerprint density at radius 3 is 2.62 bits per heavy atom. The van der Waals surface area contributed by atoms with Crippen molar-refractivity contribution in [1.82, 2.24) is 15.1 Å². The average Bonchev–Trinajstić information content (AvgIpc) is 2.44. The predicted molar refractivity (Wildman–Crippen MR) is 56.9 cm³/mol. The molecule has 0 aromatic carbocycles. The molecule has 1 amide bonds. The Balaban J connectivity index is 2.58. The van der Waals surface area contributed by atoms with Crippen LogP contribution in [-0.2, 0) is 16.1 Å². The molecule has 1 aromatic heterocycles. The molecule has 0 fully saturated rings. The van der Waals surface area contributed by atoms with E-state index in [-0.39, 0.29) is 12.5 Å². The number of aromatic nitrogens is 2. The molecule has 16 heavy (non-hydrogen) atoms. The summed E-state index contributed by atoms with van der Waals surface area (Å²) in [4.78, 5) is 22.0. The molecule has 1 rings (SSSR count). The molecule has 2 N–H and O–H groups in total. The van der Waals surface area contributed by atoms with Crippen molar-refractivity contribution < 1.29 is 14.7 Å². The molecule has 0 aliphatic heterocycles. The van der Waals surface area contributed by atoms with Crippen LogP contribution in [0.1, 0.15) is 18.3 Å². The molecule has 0 aliphatic rings. The third-order valence-corrected chi connectivity index (χ3v) is 2.14. The van der Waals surface area contributed by atoms with E-state index in [0.717, 1.165) is 11.4 Å². The van der Waals surface area contributed by atoms with E-state index in [0.29, 0.717) is 0 Å². The summed E-state index contributed by atoms with van der Waals surface area (Å²) in [5.41, 5.74) is 1.70. The first-order valence-corrected chi connectivity index (χ1v) is 4.93. The summed E-state index contributed by atoms with van der Waals surface area (Å²) in [5.74, 6) is -1.41. The molecule has 88 valence electrons. The molecule has 1 aromatic rings. The van der Waals surface area contributed by atoms with Crippen LogP contribution in [0.5, 0.6) is 0 Å². The normalized spacial score (nSPS) is 12.2. The van der Waals surface area contributed by atoms with Crippen molar-refractivity contribution in [2.45, 2.75) is 33.4 Å². The summed E-state index contributed by atoms with van der Waals surface area (Å²) in [5, 5.41) is 15.1. The summed E-state index contributed by atoms with van der Waals surface area (Å²) in [7, 11) is 0. The molecular weight excluding hydrogens is 210 g/mol. The van der Waals surface area contributed by atoms with Gasteiger partial charge in [-0.1, -0.05) is 0 Å². The van der Waals surface area contributed by atoms with Gasteiger partial charge >= 0.3 is 5.97 Å². The van der Waals surface area contributed by atoms with Crippen LogP contribution in [0, 0.1) is 13.8 Å². The van der Waals surface area contributed by atoms with Crippen LogP contribution in [0.25, 0.3) is 0 Å². The van der Waals surface area contributed by atoms with Crippen LogP contribution in [0.4, 0.5) is 0 Å². The molecule has 0 saturated carbocycles. The first kappa shape index (κ1) is 12.2. The lowest BCUT2D eigenvalue weighted by atomic mass is 10.3. The minimum absolute atomic E-state index is 0.0390. The third kappa shape index (κ3) is 3.08. The van der Waals surface area contributed by atoms with Crippen molar-refractivity contribution in [2.75, 3.05) is 0 Å². The Kier molecular flexibility index (Phi) is 3.65. The van der Waals surface area contributed by atoms with E-state index in [9.17, 15) is 9.59 Å². The maximum Gasteiger partial charge on any atom is 0.325 e. The van der Waals surface area contributed by atoms with E-state index >= 15 is 0 Å². The highest BCUT2D eigenvalue weighted by Crippen LogP contribution is 2.01. The summed E-state index contributed by atoms with van der Waals surface area (Å²) in [6, 6.07) is 0.970. The molecule has 0 aliphatic carbocycles. The fourth-order valence-corrected chi connectivity index (χ4v) is 1.32. The Labute approximate surface area is 93.3 Å². The number of nitrogens with one attached hydrogen (secondary N) is 1. The molecule has 0 bridgehead atoms. The van der Waals surface area contributed by atoms with Crippen molar-refractivity contribution in [3.63, 3.8) is 0 Å². The van der Waals surface area contributed by atoms with Crippen LogP contribution < -0.4 is 5.32 Å². The van der Waals surface area contributed by atoms with Gasteiger partial charge < -0.3 is 10.4 Å². The second-order valence-electron chi connectivity index (χ2n) is 3.71. The number of carboxylic acids is 1. The number of aryl methyl sites for hydroxylation is 2. The molecule has 6 heteroatoms. The summed E-state index contributed by atoms with van der Waals surface area (Å²) < 4.78 is 1.54. The highest BCUT2D eigenvalue weighted by atomic mass is 16.4. The number of carbonyl (C=O) groups is 2. The van der Waals surface area contributed by atoms with Crippen molar-refractivity contribution in [1.29, 1.82) is 0 Å². The van der Waals surface area contributed by atoms with Crippen LogP contribution in [0.15, 0.2) is 6.07 Å². The van der Waals surface area contributed by atoms with Crippen molar-refractivity contribution in [2.24, 2.45) is 0 Å². The van der Waals surface area contributed by atoms with Gasteiger partial charge in [-0.25, -0.2) is 0 Å². The zero-order valence-corrected chi connectivity index (χ0v) is 9.52. The van der Waals surface area contributed by atoms with Crippen molar-refractivity contribution >= 4 is 11.9 Å².